The molecular weight excluding hydrogens is 504 g/mol. The van der Waals surface area contributed by atoms with Crippen molar-refractivity contribution in [1.29, 1.82) is 5.26 Å². The molecule has 9 nitrogen and oxygen atoms in total. The summed E-state index contributed by atoms with van der Waals surface area (Å²) >= 11 is 0. The number of amides is 1. The zero-order chi connectivity index (χ0) is 28.9. The maximum absolute atomic E-state index is 12.5. The van der Waals surface area contributed by atoms with Gasteiger partial charge in [0.05, 0.1) is 11.6 Å². The molecule has 4 aromatic rings. The van der Waals surface area contributed by atoms with Crippen LogP contribution in [-0.4, -0.2) is 34.9 Å². The van der Waals surface area contributed by atoms with Gasteiger partial charge in [-0.2, -0.15) is 15.2 Å². The Morgan fingerprint density at radius 3 is 2.42 bits per heavy atom. The van der Waals surface area contributed by atoms with E-state index < -0.39 is 0 Å². The van der Waals surface area contributed by atoms with Gasteiger partial charge in [-0.1, -0.05) is 63.2 Å². The molecule has 0 aliphatic carbocycles. The highest BCUT2D eigenvalue weighted by molar-refractivity contribution is 5.94. The number of carbonyl (C=O) groups is 1. The molecule has 1 amide bonds. The van der Waals surface area contributed by atoms with E-state index in [4.69, 9.17) is 15.2 Å². The van der Waals surface area contributed by atoms with Gasteiger partial charge in [0.25, 0.3) is 11.8 Å². The second kappa shape index (κ2) is 11.7. The lowest BCUT2D eigenvalue weighted by atomic mass is 9.86. The largest absolute Gasteiger partial charge is 0.437 e. The Kier molecular flexibility index (Phi) is 8.20. The summed E-state index contributed by atoms with van der Waals surface area (Å²) in [6.45, 7) is 6.60. The summed E-state index contributed by atoms with van der Waals surface area (Å²) in [6.07, 6.45) is 0. The first-order valence-electron chi connectivity index (χ1n) is 12.7. The van der Waals surface area contributed by atoms with Crippen molar-refractivity contribution in [2.24, 2.45) is 0 Å². The van der Waals surface area contributed by atoms with Crippen LogP contribution in [0.4, 0.5) is 11.5 Å². The van der Waals surface area contributed by atoms with Gasteiger partial charge < -0.3 is 25.4 Å². The van der Waals surface area contributed by atoms with Crippen LogP contribution in [0.25, 0.3) is 0 Å². The average Bonchev–Trinajstić information content (AvgIpc) is 2.93. The van der Waals surface area contributed by atoms with Crippen LogP contribution in [0.3, 0.4) is 0 Å². The number of nitrogen functional groups attached to an aromatic ring is 1. The Bertz CT molecular complexity index is 1560. The number of anilines is 2. The molecule has 9 heteroatoms. The van der Waals surface area contributed by atoms with Gasteiger partial charge in [0.2, 0.25) is 0 Å². The number of hydrogen-bond donors (Lipinski definition) is 2. The number of benzene rings is 3. The van der Waals surface area contributed by atoms with Crippen molar-refractivity contribution in [2.45, 2.75) is 32.7 Å². The molecule has 0 saturated heterocycles. The van der Waals surface area contributed by atoms with E-state index in [0.29, 0.717) is 35.0 Å². The highest BCUT2D eigenvalue weighted by atomic mass is 16.5. The number of nitrogens with two attached hydrogens (primary N) is 1. The van der Waals surface area contributed by atoms with Crippen LogP contribution in [0.5, 0.6) is 23.4 Å². The molecule has 3 aromatic carbocycles. The minimum atomic E-state index is -0.274. The molecule has 0 aliphatic heterocycles. The molecule has 0 radical (unpaired) electrons. The van der Waals surface area contributed by atoms with Crippen LogP contribution in [0, 0.1) is 11.3 Å². The molecule has 4 rings (SSSR count). The first-order chi connectivity index (χ1) is 19.0. The van der Waals surface area contributed by atoms with Gasteiger partial charge >= 0.3 is 6.01 Å². The normalized spacial score (nSPS) is 10.9. The molecule has 0 fully saturated rings. The number of nitriles is 1. The fourth-order valence-electron chi connectivity index (χ4n) is 3.93. The molecular formula is C31H32N6O3. The number of ether oxygens (including phenoxy) is 2. The molecule has 1 aromatic heterocycles. The van der Waals surface area contributed by atoms with Crippen LogP contribution in [0.2, 0.25) is 0 Å². The molecule has 0 saturated carbocycles. The summed E-state index contributed by atoms with van der Waals surface area (Å²) in [5, 5.41) is 12.7. The zero-order valence-electron chi connectivity index (χ0n) is 23.2. The minimum Gasteiger partial charge on any atom is -0.437 e. The Labute approximate surface area is 234 Å². The lowest BCUT2D eigenvalue weighted by Crippen LogP contribution is -2.21. The molecule has 0 bridgehead atoms. The Hall–Kier alpha value is -5.10. The molecule has 1 heterocycles. The van der Waals surface area contributed by atoms with Gasteiger partial charge in [-0.25, -0.2) is 0 Å². The Morgan fingerprint density at radius 1 is 1.00 bits per heavy atom. The van der Waals surface area contributed by atoms with E-state index in [0.717, 1.165) is 11.1 Å². The first kappa shape index (κ1) is 27.9. The van der Waals surface area contributed by atoms with Gasteiger partial charge in [-0.15, -0.1) is 0 Å². The summed E-state index contributed by atoms with van der Waals surface area (Å²) in [5.41, 5.74) is 9.17. The van der Waals surface area contributed by atoms with E-state index in [1.165, 1.54) is 4.90 Å². The predicted octanol–water partition coefficient (Wildman–Crippen LogP) is 6.13. The molecule has 0 aliphatic rings. The average molecular weight is 537 g/mol. The monoisotopic (exact) mass is 536 g/mol. The van der Waals surface area contributed by atoms with E-state index in [1.54, 1.807) is 50.5 Å². The van der Waals surface area contributed by atoms with Crippen LogP contribution in [0.15, 0.2) is 72.8 Å². The third-order valence-corrected chi connectivity index (χ3v) is 6.01. The quantitative estimate of drug-likeness (QED) is 0.275. The highest BCUT2D eigenvalue weighted by Crippen LogP contribution is 2.37. The van der Waals surface area contributed by atoms with Crippen molar-refractivity contribution in [3.8, 4) is 29.5 Å². The lowest BCUT2D eigenvalue weighted by molar-refractivity contribution is 0.0827. The van der Waals surface area contributed by atoms with Crippen molar-refractivity contribution in [3.05, 3.63) is 95.1 Å². The van der Waals surface area contributed by atoms with Crippen molar-refractivity contribution in [2.75, 3.05) is 25.1 Å². The molecule has 0 unspecified atom stereocenters. The second-order valence-corrected chi connectivity index (χ2v) is 10.4. The standard InChI is InChI=1S/C31H32N6O3/c1-31(2,3)24-15-14-21(18-32)16-25(24)40-30-35-27(34-19-20-10-7-6-8-11-20)26(33)28(36-30)39-23-13-9-12-22(17-23)29(38)37(4)5/h6-17H,19,33H2,1-5H3,(H,34,35,36). The molecule has 204 valence electrons. The topological polar surface area (TPSA) is 126 Å². The van der Waals surface area contributed by atoms with E-state index in [1.807, 2.05) is 36.4 Å². The fraction of sp³-hybridized carbons (Fsp3) is 0.226. The summed E-state index contributed by atoms with van der Waals surface area (Å²) in [4.78, 5) is 23.0. The SMILES string of the molecule is CN(C)C(=O)c1cccc(Oc2nc(Oc3cc(C#N)ccc3C(C)(C)C)nc(NCc3ccccc3)c2N)c1. The summed E-state index contributed by atoms with van der Waals surface area (Å²) in [5.74, 6) is 1.04. The van der Waals surface area contributed by atoms with Crippen molar-refractivity contribution < 1.29 is 14.3 Å². The van der Waals surface area contributed by atoms with Gasteiger partial charge in [0, 0.05) is 31.8 Å². The van der Waals surface area contributed by atoms with Crippen LogP contribution in [0.1, 0.15) is 47.8 Å². The number of aromatic nitrogens is 2. The van der Waals surface area contributed by atoms with E-state index in [2.05, 4.69) is 42.1 Å². The Morgan fingerprint density at radius 2 is 1.75 bits per heavy atom. The minimum absolute atomic E-state index is 0.0131. The lowest BCUT2D eigenvalue weighted by Gasteiger charge is -2.22. The highest BCUT2D eigenvalue weighted by Gasteiger charge is 2.22. The third kappa shape index (κ3) is 6.66. The number of nitrogens with one attached hydrogen (secondary N) is 1. The smallest absolute Gasteiger partial charge is 0.327 e. The van der Waals surface area contributed by atoms with E-state index >= 15 is 0 Å². The molecule has 40 heavy (non-hydrogen) atoms. The predicted molar refractivity (Wildman–Crippen MR) is 155 cm³/mol. The van der Waals surface area contributed by atoms with Crippen LogP contribution in [-0.2, 0) is 12.0 Å². The summed E-state index contributed by atoms with van der Waals surface area (Å²) in [6, 6.07) is 24.0. The maximum atomic E-state index is 12.5. The fourth-order valence-corrected chi connectivity index (χ4v) is 3.93. The van der Waals surface area contributed by atoms with Gasteiger partial charge in [0.15, 0.2) is 5.82 Å². The maximum Gasteiger partial charge on any atom is 0.327 e. The van der Waals surface area contributed by atoms with Gasteiger partial charge in [-0.05, 0) is 41.3 Å². The summed E-state index contributed by atoms with van der Waals surface area (Å²) in [7, 11) is 3.36. The third-order valence-electron chi connectivity index (χ3n) is 6.01. The zero-order valence-corrected chi connectivity index (χ0v) is 23.2. The van der Waals surface area contributed by atoms with Gasteiger partial charge in [-0.3, -0.25) is 4.79 Å². The molecule has 3 N–H and O–H groups in total. The van der Waals surface area contributed by atoms with E-state index in [-0.39, 0.29) is 28.9 Å². The number of carbonyl (C=O) groups excluding carboxylic acids is 1. The van der Waals surface area contributed by atoms with Crippen molar-refractivity contribution in [1.82, 2.24) is 14.9 Å². The number of rotatable bonds is 8. The second-order valence-electron chi connectivity index (χ2n) is 10.4. The number of hydrogen-bond acceptors (Lipinski definition) is 8. The van der Waals surface area contributed by atoms with Gasteiger partial charge in [0.1, 0.15) is 17.2 Å². The van der Waals surface area contributed by atoms with Crippen LogP contribution < -0.4 is 20.5 Å². The summed E-state index contributed by atoms with van der Waals surface area (Å²) < 4.78 is 12.3. The Balaban J connectivity index is 1.75. The number of nitrogens with zero attached hydrogens (tertiary/aromatic N) is 4. The van der Waals surface area contributed by atoms with Crippen LogP contribution >= 0.6 is 0 Å². The first-order valence-corrected chi connectivity index (χ1v) is 12.7. The molecule has 0 atom stereocenters. The van der Waals surface area contributed by atoms with E-state index in [9.17, 15) is 10.1 Å². The van der Waals surface area contributed by atoms with Crippen molar-refractivity contribution in [3.63, 3.8) is 0 Å². The van der Waals surface area contributed by atoms with Crippen molar-refractivity contribution >= 4 is 17.4 Å². The molecule has 0 spiro atoms.